The molecular formula is C16H17BrFN7O4. The summed E-state index contributed by atoms with van der Waals surface area (Å²) in [5.41, 5.74) is 12.5. The van der Waals surface area contributed by atoms with Crippen LogP contribution in [0.15, 0.2) is 46.3 Å². The number of nitrogens with one attached hydrogen (secondary N) is 1. The van der Waals surface area contributed by atoms with Crippen molar-refractivity contribution in [1.29, 1.82) is 5.41 Å². The number of amidine groups is 1. The predicted molar refractivity (Wildman–Crippen MR) is 104 cm³/mol. The number of nitrogens with zero attached hydrogens (tertiary/aromatic N) is 4. The minimum atomic E-state index is -0.708. The molecule has 0 saturated heterocycles. The molecule has 0 fully saturated rings. The van der Waals surface area contributed by atoms with Crippen molar-refractivity contribution in [2.75, 3.05) is 5.06 Å². The van der Waals surface area contributed by atoms with Gasteiger partial charge in [0.25, 0.3) is 0 Å². The molecule has 1 aromatic heterocycles. The van der Waals surface area contributed by atoms with Crippen molar-refractivity contribution in [2.24, 2.45) is 18.5 Å². The molecule has 1 aromatic carbocycles. The third kappa shape index (κ3) is 3.74. The molecule has 0 radical (unpaired) electrons. The Hall–Kier alpha value is -3.16. The summed E-state index contributed by atoms with van der Waals surface area (Å²) in [6.07, 6.45) is -0.708. The summed E-state index contributed by atoms with van der Waals surface area (Å²) >= 11 is 3.08. The van der Waals surface area contributed by atoms with Crippen molar-refractivity contribution in [3.05, 3.63) is 67.9 Å². The van der Waals surface area contributed by atoms with Gasteiger partial charge < -0.3 is 21.6 Å². The highest BCUT2D eigenvalue weighted by Crippen LogP contribution is 2.33. The van der Waals surface area contributed by atoms with Gasteiger partial charge in [0.2, 0.25) is 0 Å². The molecule has 0 aliphatic carbocycles. The molecule has 0 amide bonds. The molecule has 0 saturated carbocycles. The van der Waals surface area contributed by atoms with Crippen molar-refractivity contribution in [3.63, 3.8) is 0 Å². The maximum atomic E-state index is 13.6. The number of nitro groups is 1. The topological polar surface area (TPSA) is 149 Å². The van der Waals surface area contributed by atoms with E-state index in [9.17, 15) is 14.5 Å². The number of halogens is 2. The predicted octanol–water partition coefficient (Wildman–Crippen LogP) is 2.56. The molecule has 11 nitrogen and oxygen atoms in total. The summed E-state index contributed by atoms with van der Waals surface area (Å²) in [6, 6.07) is 6.91. The van der Waals surface area contributed by atoms with Gasteiger partial charge in [0.1, 0.15) is 23.5 Å². The molecule has 154 valence electrons. The highest BCUT2D eigenvalue weighted by Gasteiger charge is 2.36. The fourth-order valence-electron chi connectivity index (χ4n) is 2.77. The normalized spacial score (nSPS) is 15.2. The van der Waals surface area contributed by atoms with Gasteiger partial charge in [-0.05, 0) is 52.0 Å². The minimum absolute atomic E-state index is 0.00595. The Balaban J connectivity index is 1.88. The van der Waals surface area contributed by atoms with Gasteiger partial charge in [-0.25, -0.2) is 13.8 Å². The highest BCUT2D eigenvalue weighted by atomic mass is 79.9. The number of benzene rings is 1. The summed E-state index contributed by atoms with van der Waals surface area (Å²) in [5.74, 6) is -1.12. The van der Waals surface area contributed by atoms with E-state index >= 15 is 0 Å². The SMILES string of the molecule is CC(ON1ON(c2ccc(F)c(Br)c2)C(C(=N)N)=C1N)c1ccc([N+](=O)[O-])n1C. The van der Waals surface area contributed by atoms with Gasteiger partial charge in [0, 0.05) is 6.07 Å². The van der Waals surface area contributed by atoms with Crippen LogP contribution in [0.2, 0.25) is 0 Å². The molecule has 3 rings (SSSR count). The maximum Gasteiger partial charge on any atom is 0.323 e. The first kappa shape index (κ1) is 20.6. The standard InChI is InChI=1S/C16H17BrFN7O4/c1-8(12-5-6-13(22(12)2)24(26)27)28-25-16(21)14(15(19)20)23(29-25)9-3-4-11(18)10(17)7-9/h3-8H,21H2,1-2H3,(H3,19,20). The van der Waals surface area contributed by atoms with E-state index < -0.39 is 22.7 Å². The van der Waals surface area contributed by atoms with E-state index in [1.54, 1.807) is 13.0 Å². The molecule has 13 heteroatoms. The van der Waals surface area contributed by atoms with Gasteiger partial charge >= 0.3 is 5.82 Å². The van der Waals surface area contributed by atoms with Crippen molar-refractivity contribution < 1.29 is 19.1 Å². The molecule has 1 aliphatic rings. The third-order valence-electron chi connectivity index (χ3n) is 4.18. The van der Waals surface area contributed by atoms with E-state index in [-0.39, 0.29) is 21.8 Å². The van der Waals surface area contributed by atoms with Crippen LogP contribution in [0.5, 0.6) is 0 Å². The number of aromatic nitrogens is 1. The Morgan fingerprint density at radius 2 is 2.10 bits per heavy atom. The number of nitrogens with two attached hydrogens (primary N) is 2. The average molecular weight is 470 g/mol. The van der Waals surface area contributed by atoms with Crippen LogP contribution in [0.1, 0.15) is 18.7 Å². The summed E-state index contributed by atoms with van der Waals surface area (Å²) < 4.78 is 15.1. The third-order valence-corrected chi connectivity index (χ3v) is 4.79. The van der Waals surface area contributed by atoms with Crippen LogP contribution >= 0.6 is 15.9 Å². The van der Waals surface area contributed by atoms with Crippen molar-refractivity contribution in [2.45, 2.75) is 13.0 Å². The molecule has 0 bridgehead atoms. The number of rotatable bonds is 6. The van der Waals surface area contributed by atoms with Gasteiger partial charge in [-0.3, -0.25) is 5.41 Å². The Labute approximate surface area is 172 Å². The van der Waals surface area contributed by atoms with E-state index in [0.717, 1.165) is 10.3 Å². The number of hydrogen-bond donors (Lipinski definition) is 3. The largest absolute Gasteiger partial charge is 0.382 e. The quantitative estimate of drug-likeness (QED) is 0.253. The lowest BCUT2D eigenvalue weighted by Crippen LogP contribution is -2.29. The van der Waals surface area contributed by atoms with Crippen LogP contribution < -0.4 is 16.5 Å². The first-order valence-electron chi connectivity index (χ1n) is 8.16. The fraction of sp³-hybridized carbons (Fsp3) is 0.188. The van der Waals surface area contributed by atoms with Gasteiger partial charge in [-0.1, -0.05) is 5.23 Å². The Bertz CT molecular complexity index is 1020. The van der Waals surface area contributed by atoms with Crippen LogP contribution in [-0.4, -0.2) is 20.6 Å². The Morgan fingerprint density at radius 1 is 1.41 bits per heavy atom. The van der Waals surface area contributed by atoms with Crippen LogP contribution in [-0.2, 0) is 16.8 Å². The van der Waals surface area contributed by atoms with Crippen molar-refractivity contribution in [3.8, 4) is 0 Å². The van der Waals surface area contributed by atoms with Crippen LogP contribution in [0.4, 0.5) is 15.9 Å². The molecule has 5 N–H and O–H groups in total. The lowest BCUT2D eigenvalue weighted by Gasteiger charge is -2.23. The molecule has 2 heterocycles. The zero-order chi connectivity index (χ0) is 21.5. The van der Waals surface area contributed by atoms with Crippen LogP contribution in [0.3, 0.4) is 0 Å². The summed E-state index contributed by atoms with van der Waals surface area (Å²) in [6.45, 7) is 1.64. The monoisotopic (exact) mass is 469 g/mol. The van der Waals surface area contributed by atoms with Gasteiger partial charge in [-0.2, -0.15) is 5.06 Å². The second-order valence-electron chi connectivity index (χ2n) is 6.06. The molecule has 1 aliphatic heterocycles. The average Bonchev–Trinajstić information content (AvgIpc) is 3.18. The fourth-order valence-corrected chi connectivity index (χ4v) is 3.13. The number of anilines is 1. The second-order valence-corrected chi connectivity index (χ2v) is 6.91. The van der Waals surface area contributed by atoms with Crippen molar-refractivity contribution in [1.82, 2.24) is 9.79 Å². The number of hydroxylamine groups is 3. The van der Waals surface area contributed by atoms with E-state index in [2.05, 4.69) is 15.9 Å². The van der Waals surface area contributed by atoms with Gasteiger partial charge in [0.15, 0.2) is 11.5 Å². The van der Waals surface area contributed by atoms with E-state index in [1.807, 2.05) is 0 Å². The van der Waals surface area contributed by atoms with Crippen molar-refractivity contribution >= 4 is 33.3 Å². The van der Waals surface area contributed by atoms with E-state index in [1.165, 1.54) is 35.9 Å². The summed E-state index contributed by atoms with van der Waals surface area (Å²) in [5, 5.41) is 20.8. The molecule has 1 unspecified atom stereocenters. The second kappa shape index (κ2) is 7.69. The highest BCUT2D eigenvalue weighted by molar-refractivity contribution is 9.10. The van der Waals surface area contributed by atoms with E-state index in [4.69, 9.17) is 26.7 Å². The maximum absolute atomic E-state index is 13.6. The first-order valence-corrected chi connectivity index (χ1v) is 8.95. The Kier molecular flexibility index (Phi) is 5.46. The lowest BCUT2D eigenvalue weighted by molar-refractivity contribution is -0.392. The van der Waals surface area contributed by atoms with Gasteiger partial charge in [0.05, 0.1) is 17.2 Å². The van der Waals surface area contributed by atoms with Crippen LogP contribution in [0, 0.1) is 21.3 Å². The lowest BCUT2D eigenvalue weighted by atomic mass is 10.3. The Morgan fingerprint density at radius 3 is 2.66 bits per heavy atom. The molecule has 29 heavy (non-hydrogen) atoms. The first-order chi connectivity index (χ1) is 13.6. The zero-order valence-electron chi connectivity index (χ0n) is 15.3. The minimum Gasteiger partial charge on any atom is -0.382 e. The summed E-state index contributed by atoms with van der Waals surface area (Å²) in [4.78, 5) is 21.7. The molecule has 0 spiro atoms. The zero-order valence-corrected chi connectivity index (χ0v) is 16.9. The van der Waals surface area contributed by atoms with Gasteiger partial charge in [-0.15, -0.1) is 4.94 Å². The van der Waals surface area contributed by atoms with Crippen LogP contribution in [0.25, 0.3) is 0 Å². The molecule has 1 atom stereocenters. The van der Waals surface area contributed by atoms with E-state index in [0.29, 0.717) is 11.4 Å². The number of hydrogen-bond acceptors (Lipinski definition) is 8. The molecular weight excluding hydrogens is 453 g/mol. The summed E-state index contributed by atoms with van der Waals surface area (Å²) in [7, 11) is 1.53. The molecule has 2 aromatic rings. The smallest absolute Gasteiger partial charge is 0.323 e.